The zero-order chi connectivity index (χ0) is 13.0. The fourth-order valence-electron chi connectivity index (χ4n) is 0.965. The van der Waals surface area contributed by atoms with E-state index in [1.165, 1.54) is 6.92 Å². The maximum absolute atomic E-state index is 11.6. The van der Waals surface area contributed by atoms with Crippen molar-refractivity contribution in [2.24, 2.45) is 0 Å². The first-order chi connectivity index (χ1) is 8.02. The molecule has 0 unspecified atom stereocenters. The van der Waals surface area contributed by atoms with Crippen LogP contribution in [0, 0.1) is 0 Å². The quantitative estimate of drug-likeness (QED) is 0.748. The Hall–Kier alpha value is -1.90. The molecule has 0 fully saturated rings. The molecule has 0 bridgehead atoms. The lowest BCUT2D eigenvalue weighted by Gasteiger charge is -1.99. The Morgan fingerprint density at radius 2 is 1.65 bits per heavy atom. The number of hydrogen-bond donors (Lipinski definition) is 0. The van der Waals surface area contributed by atoms with Gasteiger partial charge >= 0.3 is 22.7 Å². The second-order valence-corrected chi connectivity index (χ2v) is 3.56. The van der Waals surface area contributed by atoms with E-state index in [9.17, 15) is 19.2 Å². The molecule has 0 saturated heterocycles. The summed E-state index contributed by atoms with van der Waals surface area (Å²) < 4.78 is 9.76. The summed E-state index contributed by atoms with van der Waals surface area (Å²) in [5.41, 5.74) is -1.09. The molecule has 0 amide bonds. The van der Waals surface area contributed by atoms with Crippen molar-refractivity contribution in [1.29, 1.82) is 0 Å². The van der Waals surface area contributed by atoms with E-state index in [1.54, 1.807) is 6.92 Å². The minimum Gasteiger partial charge on any atom is -0.449 e. The molecule has 0 aromatic carbocycles. The number of hydrogen-bond acceptors (Lipinski definition) is 7. The third-order valence-corrected chi connectivity index (χ3v) is 2.43. The predicted molar refractivity (Wildman–Crippen MR) is 57.7 cm³/mol. The highest BCUT2D eigenvalue weighted by molar-refractivity contribution is 7.04. The van der Waals surface area contributed by atoms with Crippen LogP contribution in [0.15, 0.2) is 9.59 Å². The first-order valence-corrected chi connectivity index (χ1v) is 5.49. The van der Waals surface area contributed by atoms with Gasteiger partial charge in [0.15, 0.2) is 0 Å². The highest BCUT2D eigenvalue weighted by Crippen LogP contribution is 1.92. The van der Waals surface area contributed by atoms with Crippen molar-refractivity contribution in [1.82, 2.24) is 8.52 Å². The van der Waals surface area contributed by atoms with Crippen LogP contribution in [0.1, 0.15) is 13.8 Å². The van der Waals surface area contributed by atoms with E-state index in [4.69, 9.17) is 0 Å². The average Bonchev–Trinajstić information content (AvgIpc) is 2.55. The first kappa shape index (κ1) is 13.2. The summed E-state index contributed by atoms with van der Waals surface area (Å²) in [7, 11) is 0. The third-order valence-electron chi connectivity index (χ3n) is 1.60. The zero-order valence-corrected chi connectivity index (χ0v) is 9.98. The van der Waals surface area contributed by atoms with Gasteiger partial charge in [0.25, 0.3) is 0 Å². The molecule has 17 heavy (non-hydrogen) atoms. The number of nitrogens with zero attached hydrogens (tertiary/aromatic N) is 2. The van der Waals surface area contributed by atoms with Crippen molar-refractivity contribution in [3.8, 4) is 0 Å². The highest BCUT2D eigenvalue weighted by atomic mass is 32.1. The van der Waals surface area contributed by atoms with Crippen molar-refractivity contribution in [2.45, 2.75) is 13.8 Å². The van der Waals surface area contributed by atoms with Crippen LogP contribution in [-0.2, 0) is 9.47 Å². The second kappa shape index (κ2) is 5.43. The second-order valence-electron chi connectivity index (χ2n) is 2.67. The van der Waals surface area contributed by atoms with Gasteiger partial charge in [-0.25, -0.2) is 14.4 Å². The molecule has 0 N–H and O–H groups in total. The molecule has 0 radical (unpaired) electrons. The normalized spacial score (nSPS) is 10.0. The van der Waals surface area contributed by atoms with Crippen LogP contribution >= 0.6 is 11.5 Å². The maximum atomic E-state index is 11.6. The Kier molecular flexibility index (Phi) is 4.21. The minimum absolute atomic E-state index is 0.0139. The van der Waals surface area contributed by atoms with Crippen LogP contribution in [0.3, 0.4) is 0 Å². The zero-order valence-electron chi connectivity index (χ0n) is 9.17. The van der Waals surface area contributed by atoms with Gasteiger partial charge in [-0.05, 0) is 13.8 Å². The molecule has 0 aliphatic rings. The Labute approximate surface area is 99.1 Å². The molecule has 8 nitrogen and oxygen atoms in total. The van der Waals surface area contributed by atoms with Gasteiger partial charge in [-0.1, -0.05) is 0 Å². The molecule has 0 atom stereocenters. The summed E-state index contributed by atoms with van der Waals surface area (Å²) in [5.74, 6) is 0. The minimum atomic E-state index is -1.11. The standard InChI is InChI=1S/C8H10N2O6S/c1-3-15-6(12)9-5(11)10(17-8(9)14)7(13)16-4-2/h3-4H2,1-2H3. The molecular weight excluding hydrogens is 252 g/mol. The van der Waals surface area contributed by atoms with Gasteiger partial charge in [0.1, 0.15) is 0 Å². The monoisotopic (exact) mass is 262 g/mol. The lowest BCUT2D eigenvalue weighted by atomic mass is 10.8. The summed E-state index contributed by atoms with van der Waals surface area (Å²) in [5, 5.41) is 0. The maximum Gasteiger partial charge on any atom is 0.432 e. The van der Waals surface area contributed by atoms with Gasteiger partial charge in [-0.2, -0.15) is 0 Å². The molecule has 0 saturated carbocycles. The van der Waals surface area contributed by atoms with E-state index in [-0.39, 0.29) is 29.3 Å². The Morgan fingerprint density at radius 3 is 2.18 bits per heavy atom. The summed E-state index contributed by atoms with van der Waals surface area (Å²) in [4.78, 5) is 44.5. The van der Waals surface area contributed by atoms with E-state index in [0.29, 0.717) is 3.96 Å². The summed E-state index contributed by atoms with van der Waals surface area (Å²) in [6.45, 7) is 3.14. The van der Waals surface area contributed by atoms with Gasteiger partial charge < -0.3 is 9.47 Å². The number of carbonyl (C=O) groups is 2. The molecular formula is C8H10N2O6S. The van der Waals surface area contributed by atoms with Crippen LogP contribution in [0.25, 0.3) is 0 Å². The average molecular weight is 262 g/mol. The molecule has 0 aliphatic carbocycles. The molecule has 0 aliphatic heterocycles. The van der Waals surface area contributed by atoms with E-state index < -0.39 is 22.7 Å². The Balaban J connectivity index is 3.20. The number of rotatable bonds is 2. The fraction of sp³-hybridized carbons (Fsp3) is 0.500. The van der Waals surface area contributed by atoms with Crippen molar-refractivity contribution >= 4 is 23.7 Å². The van der Waals surface area contributed by atoms with Crippen molar-refractivity contribution in [2.75, 3.05) is 13.2 Å². The van der Waals surface area contributed by atoms with Crippen LogP contribution in [0.2, 0.25) is 0 Å². The van der Waals surface area contributed by atoms with Crippen molar-refractivity contribution in [3.05, 3.63) is 20.2 Å². The Bertz CT molecular complexity index is 539. The van der Waals surface area contributed by atoms with Crippen LogP contribution in [0.4, 0.5) is 9.59 Å². The van der Waals surface area contributed by atoms with Crippen LogP contribution in [-0.4, -0.2) is 33.9 Å². The van der Waals surface area contributed by atoms with E-state index in [1.807, 2.05) is 0 Å². The molecule has 1 heterocycles. The van der Waals surface area contributed by atoms with Gasteiger partial charge in [0, 0.05) is 11.5 Å². The number of ether oxygens (including phenoxy) is 2. The van der Waals surface area contributed by atoms with Gasteiger partial charge in [-0.15, -0.1) is 8.52 Å². The topological polar surface area (TPSA) is 96.6 Å². The first-order valence-electron chi connectivity index (χ1n) is 4.72. The molecule has 0 spiro atoms. The molecule has 94 valence electrons. The fourth-order valence-corrected chi connectivity index (χ4v) is 1.64. The predicted octanol–water partition coefficient (Wildman–Crippen LogP) is 0.0807. The van der Waals surface area contributed by atoms with Crippen LogP contribution < -0.4 is 10.6 Å². The SMILES string of the molecule is CCOC(=O)n1sc(=O)n(C(=O)OCC)c1=O. The van der Waals surface area contributed by atoms with Gasteiger partial charge in [0.2, 0.25) is 0 Å². The lowest BCUT2D eigenvalue weighted by Crippen LogP contribution is -2.36. The molecule has 1 aromatic heterocycles. The van der Waals surface area contributed by atoms with Gasteiger partial charge in [-0.3, -0.25) is 4.79 Å². The Morgan fingerprint density at radius 1 is 1.12 bits per heavy atom. The summed E-state index contributed by atoms with van der Waals surface area (Å²) in [6, 6.07) is 0. The summed E-state index contributed by atoms with van der Waals surface area (Å²) in [6.07, 6.45) is -2.11. The lowest BCUT2D eigenvalue weighted by molar-refractivity contribution is 0.149. The van der Waals surface area contributed by atoms with Gasteiger partial charge in [0.05, 0.1) is 13.2 Å². The van der Waals surface area contributed by atoms with E-state index in [2.05, 4.69) is 9.47 Å². The molecule has 9 heteroatoms. The van der Waals surface area contributed by atoms with E-state index >= 15 is 0 Å². The van der Waals surface area contributed by atoms with Crippen molar-refractivity contribution < 1.29 is 19.1 Å². The highest BCUT2D eigenvalue weighted by Gasteiger charge is 2.21. The van der Waals surface area contributed by atoms with E-state index in [0.717, 1.165) is 0 Å². The number of aromatic nitrogens is 2. The summed E-state index contributed by atoms with van der Waals surface area (Å²) >= 11 is 0.279. The smallest absolute Gasteiger partial charge is 0.432 e. The van der Waals surface area contributed by atoms with Crippen molar-refractivity contribution in [3.63, 3.8) is 0 Å². The third kappa shape index (κ3) is 2.61. The molecule has 1 aromatic rings. The van der Waals surface area contributed by atoms with Crippen LogP contribution in [0.5, 0.6) is 0 Å². The largest absolute Gasteiger partial charge is 0.449 e. The molecule has 1 rings (SSSR count). The number of carbonyl (C=O) groups excluding carboxylic acids is 2.